The van der Waals surface area contributed by atoms with Crippen molar-refractivity contribution in [3.63, 3.8) is 0 Å². The first-order valence-corrected chi connectivity index (χ1v) is 12.9. The summed E-state index contributed by atoms with van der Waals surface area (Å²) in [4.78, 5) is 7.36. The molecule has 1 aliphatic carbocycles. The maximum Gasteiger partial charge on any atom is 0.0473 e. The second-order valence-electron chi connectivity index (χ2n) is 11.1. The molecule has 170 valence electrons. The van der Waals surface area contributed by atoms with Gasteiger partial charge in [-0.15, -0.1) is 0 Å². The van der Waals surface area contributed by atoms with E-state index in [9.17, 15) is 0 Å². The van der Waals surface area contributed by atoms with Gasteiger partial charge < -0.3 is 0 Å². The first-order chi connectivity index (χ1) is 15.5. The lowest BCUT2D eigenvalue weighted by molar-refractivity contribution is 0.0131. The maximum absolute atomic E-state index is 4.70. The summed E-state index contributed by atoms with van der Waals surface area (Å²) in [7, 11) is 0. The summed E-state index contributed by atoms with van der Waals surface area (Å²) in [6.45, 7) is 13.6. The van der Waals surface area contributed by atoms with Crippen LogP contribution < -0.4 is 0 Å². The lowest BCUT2D eigenvalue weighted by atomic mass is 9.77. The SMILES string of the molecule is CCCCCc1cc(CN2CC3(CN=C(C)C3)C2)cc(C2CC2)c1-c1ccc(C)cc1C. The highest BCUT2D eigenvalue weighted by atomic mass is 15.2. The Bertz CT molecular complexity index is 1020. The average molecular weight is 429 g/mol. The van der Waals surface area contributed by atoms with Crippen LogP contribution in [0.4, 0.5) is 0 Å². The van der Waals surface area contributed by atoms with Crippen molar-refractivity contribution in [1.29, 1.82) is 0 Å². The van der Waals surface area contributed by atoms with Crippen molar-refractivity contribution in [2.24, 2.45) is 10.4 Å². The van der Waals surface area contributed by atoms with Gasteiger partial charge in [-0.05, 0) is 92.2 Å². The van der Waals surface area contributed by atoms with Gasteiger partial charge in [0.1, 0.15) is 0 Å². The Morgan fingerprint density at radius 1 is 1.03 bits per heavy atom. The Hall–Kier alpha value is -1.93. The van der Waals surface area contributed by atoms with Gasteiger partial charge >= 0.3 is 0 Å². The molecule has 0 amide bonds. The van der Waals surface area contributed by atoms with Crippen LogP contribution >= 0.6 is 0 Å². The largest absolute Gasteiger partial charge is 0.298 e. The molecule has 1 saturated heterocycles. The summed E-state index contributed by atoms with van der Waals surface area (Å²) < 4.78 is 0. The molecule has 2 aromatic rings. The molecule has 0 N–H and O–H groups in total. The van der Waals surface area contributed by atoms with Crippen LogP contribution in [0, 0.1) is 19.3 Å². The fourth-order valence-corrected chi connectivity index (χ4v) is 6.23. The van der Waals surface area contributed by atoms with E-state index >= 15 is 0 Å². The Labute approximate surface area is 195 Å². The van der Waals surface area contributed by atoms with Crippen LogP contribution in [0.1, 0.15) is 86.1 Å². The number of rotatable bonds is 8. The Morgan fingerprint density at radius 3 is 2.50 bits per heavy atom. The number of hydrogen-bond acceptors (Lipinski definition) is 2. The fraction of sp³-hybridized carbons (Fsp3) is 0.567. The molecule has 2 heterocycles. The topological polar surface area (TPSA) is 15.6 Å². The van der Waals surface area contributed by atoms with Gasteiger partial charge in [0.05, 0.1) is 0 Å². The lowest BCUT2D eigenvalue weighted by Crippen LogP contribution is -2.56. The third-order valence-electron chi connectivity index (χ3n) is 7.87. The van der Waals surface area contributed by atoms with Crippen LogP contribution in [0.5, 0.6) is 0 Å². The summed E-state index contributed by atoms with van der Waals surface area (Å²) in [5.41, 5.74) is 12.4. The second kappa shape index (κ2) is 8.78. The third kappa shape index (κ3) is 4.44. The molecular formula is C30H40N2. The highest BCUT2D eigenvalue weighted by Gasteiger charge is 2.45. The van der Waals surface area contributed by atoms with Crippen molar-refractivity contribution < 1.29 is 0 Å². The van der Waals surface area contributed by atoms with Crippen LogP contribution in [-0.2, 0) is 13.0 Å². The quantitative estimate of drug-likeness (QED) is 0.404. The van der Waals surface area contributed by atoms with Gasteiger partial charge in [0.2, 0.25) is 0 Å². The Balaban J connectivity index is 1.45. The van der Waals surface area contributed by atoms with Crippen molar-refractivity contribution in [2.45, 2.75) is 85.1 Å². The number of unbranched alkanes of at least 4 members (excludes halogenated alkanes) is 2. The molecule has 2 aliphatic heterocycles. The highest BCUT2D eigenvalue weighted by molar-refractivity contribution is 5.84. The van der Waals surface area contributed by atoms with E-state index in [4.69, 9.17) is 4.99 Å². The van der Waals surface area contributed by atoms with E-state index in [1.807, 2.05) is 0 Å². The van der Waals surface area contributed by atoms with Crippen LogP contribution in [0.25, 0.3) is 11.1 Å². The molecule has 32 heavy (non-hydrogen) atoms. The molecule has 2 aromatic carbocycles. The zero-order valence-electron chi connectivity index (χ0n) is 20.6. The van der Waals surface area contributed by atoms with Crippen molar-refractivity contribution in [3.8, 4) is 11.1 Å². The number of benzene rings is 2. The lowest BCUT2D eigenvalue weighted by Gasteiger charge is -2.48. The second-order valence-corrected chi connectivity index (χ2v) is 11.1. The summed E-state index contributed by atoms with van der Waals surface area (Å²) >= 11 is 0. The summed E-state index contributed by atoms with van der Waals surface area (Å²) in [6, 6.07) is 12.2. The van der Waals surface area contributed by atoms with Crippen molar-refractivity contribution in [3.05, 3.63) is 58.1 Å². The normalized spacial score (nSPS) is 19.9. The van der Waals surface area contributed by atoms with Gasteiger partial charge in [0, 0.05) is 37.3 Å². The fourth-order valence-electron chi connectivity index (χ4n) is 6.23. The van der Waals surface area contributed by atoms with Gasteiger partial charge in [-0.25, -0.2) is 0 Å². The number of likely N-dealkylation sites (tertiary alicyclic amines) is 1. The minimum atomic E-state index is 0.465. The molecular weight excluding hydrogens is 388 g/mol. The van der Waals surface area contributed by atoms with Crippen molar-refractivity contribution in [2.75, 3.05) is 19.6 Å². The first kappa shape index (κ1) is 21.9. The predicted octanol–water partition coefficient (Wildman–Crippen LogP) is 7.25. The molecule has 1 saturated carbocycles. The monoisotopic (exact) mass is 428 g/mol. The summed E-state index contributed by atoms with van der Waals surface area (Å²) in [5.74, 6) is 0.768. The van der Waals surface area contributed by atoms with Crippen LogP contribution in [-0.4, -0.2) is 30.2 Å². The van der Waals surface area contributed by atoms with Gasteiger partial charge in [0.25, 0.3) is 0 Å². The van der Waals surface area contributed by atoms with Crippen molar-refractivity contribution >= 4 is 5.71 Å². The van der Waals surface area contributed by atoms with Crippen LogP contribution in [0.2, 0.25) is 0 Å². The molecule has 5 rings (SSSR count). The van der Waals surface area contributed by atoms with E-state index in [0.717, 1.165) is 19.0 Å². The van der Waals surface area contributed by atoms with Gasteiger partial charge in [-0.1, -0.05) is 55.7 Å². The van der Waals surface area contributed by atoms with Crippen LogP contribution in [0.3, 0.4) is 0 Å². The molecule has 0 atom stereocenters. The highest BCUT2D eigenvalue weighted by Crippen LogP contribution is 2.47. The number of hydrogen-bond donors (Lipinski definition) is 0. The molecule has 2 heteroatoms. The number of aliphatic imine (C=N–C) groups is 1. The van der Waals surface area contributed by atoms with Crippen molar-refractivity contribution in [1.82, 2.24) is 4.90 Å². The number of nitrogens with zero attached hydrogens (tertiary/aromatic N) is 2. The molecule has 2 fully saturated rings. The van der Waals surface area contributed by atoms with E-state index in [0.29, 0.717) is 5.41 Å². The zero-order valence-corrected chi connectivity index (χ0v) is 20.6. The Morgan fingerprint density at radius 2 is 1.84 bits per heavy atom. The number of aryl methyl sites for hydroxylation is 3. The minimum absolute atomic E-state index is 0.465. The zero-order chi connectivity index (χ0) is 22.3. The molecule has 0 radical (unpaired) electrons. The molecule has 2 nitrogen and oxygen atoms in total. The smallest absolute Gasteiger partial charge is 0.0473 e. The average Bonchev–Trinajstić information content (AvgIpc) is 3.50. The first-order valence-electron chi connectivity index (χ1n) is 12.9. The molecule has 1 spiro atoms. The van der Waals surface area contributed by atoms with E-state index in [1.165, 1.54) is 86.0 Å². The van der Waals surface area contributed by atoms with E-state index in [2.05, 4.69) is 62.9 Å². The van der Waals surface area contributed by atoms with Gasteiger partial charge in [-0.2, -0.15) is 0 Å². The summed E-state index contributed by atoms with van der Waals surface area (Å²) in [5, 5.41) is 0. The van der Waals surface area contributed by atoms with Gasteiger partial charge in [-0.3, -0.25) is 9.89 Å². The van der Waals surface area contributed by atoms with E-state index in [-0.39, 0.29) is 0 Å². The minimum Gasteiger partial charge on any atom is -0.298 e. The Kier molecular flexibility index (Phi) is 6.01. The maximum atomic E-state index is 4.70. The molecule has 0 bridgehead atoms. The molecule has 3 aliphatic rings. The standard InChI is InChI=1S/C30H40N2/c1-5-6-7-8-26-14-24(17-32-19-30(20-32)16-23(4)31-18-30)15-28(25-10-11-25)29(26)27-12-9-21(2)13-22(27)3/h9,12-15,25H,5-8,10-11,16-20H2,1-4H3. The van der Waals surface area contributed by atoms with E-state index < -0.39 is 0 Å². The predicted molar refractivity (Wildman–Crippen MR) is 137 cm³/mol. The summed E-state index contributed by atoms with van der Waals surface area (Å²) in [6.07, 6.45) is 9.05. The van der Waals surface area contributed by atoms with E-state index in [1.54, 1.807) is 16.7 Å². The van der Waals surface area contributed by atoms with Gasteiger partial charge in [0.15, 0.2) is 0 Å². The third-order valence-corrected chi connectivity index (χ3v) is 7.87. The molecule has 0 unspecified atom stereocenters. The van der Waals surface area contributed by atoms with Crippen LogP contribution in [0.15, 0.2) is 35.3 Å². The molecule has 0 aromatic heterocycles.